The van der Waals surface area contributed by atoms with Gasteiger partial charge in [0.05, 0.1) is 0 Å². The van der Waals surface area contributed by atoms with Gasteiger partial charge in [-0.25, -0.2) is 0 Å². The van der Waals surface area contributed by atoms with Crippen LogP contribution in [0.25, 0.3) is 0 Å². The number of rotatable bonds is 10. The first kappa shape index (κ1) is 19.7. The van der Waals surface area contributed by atoms with Crippen LogP contribution in [0.2, 0.25) is 0 Å². The van der Waals surface area contributed by atoms with Crippen LogP contribution in [0.1, 0.15) is 77.3 Å². The van der Waals surface area contributed by atoms with Crippen molar-refractivity contribution in [1.82, 2.24) is 0 Å². The first-order valence-corrected chi connectivity index (χ1v) is 9.10. The van der Waals surface area contributed by atoms with Crippen LogP contribution in [0.15, 0.2) is 36.4 Å². The van der Waals surface area contributed by atoms with E-state index in [1.807, 2.05) is 0 Å². The van der Waals surface area contributed by atoms with Gasteiger partial charge >= 0.3 is 0 Å². The zero-order valence-corrected chi connectivity index (χ0v) is 15.7. The highest BCUT2D eigenvalue weighted by atomic mass is 16.1. The lowest BCUT2D eigenvalue weighted by Crippen LogP contribution is -2.21. The highest BCUT2D eigenvalue weighted by molar-refractivity contribution is 5.51. The van der Waals surface area contributed by atoms with Crippen LogP contribution in [0.5, 0.6) is 0 Å². The number of unbranched alkanes of at least 4 members (excludes halogenated alkanes) is 1. The Morgan fingerprint density at radius 3 is 2.13 bits per heavy atom. The van der Waals surface area contributed by atoms with E-state index in [0.717, 1.165) is 25.5 Å². The van der Waals surface area contributed by atoms with Crippen molar-refractivity contribution in [1.29, 1.82) is 0 Å². The summed E-state index contributed by atoms with van der Waals surface area (Å²) in [7, 11) is 0. The van der Waals surface area contributed by atoms with Crippen molar-refractivity contribution < 1.29 is 4.79 Å². The van der Waals surface area contributed by atoms with Crippen LogP contribution in [-0.2, 0) is 10.2 Å². The van der Waals surface area contributed by atoms with E-state index in [-0.39, 0.29) is 10.8 Å². The van der Waals surface area contributed by atoms with E-state index < -0.39 is 0 Å². The van der Waals surface area contributed by atoms with E-state index in [0.29, 0.717) is 6.42 Å². The molecule has 0 spiro atoms. The summed E-state index contributed by atoms with van der Waals surface area (Å²) >= 11 is 0. The molecule has 0 N–H and O–H groups in total. The van der Waals surface area contributed by atoms with Gasteiger partial charge in [-0.15, -0.1) is 0 Å². The second-order valence-electron chi connectivity index (χ2n) is 7.50. The number of aldehydes is 1. The molecule has 1 aromatic rings. The Morgan fingerprint density at radius 2 is 1.61 bits per heavy atom. The van der Waals surface area contributed by atoms with Crippen molar-refractivity contribution in [2.45, 2.75) is 78.6 Å². The van der Waals surface area contributed by atoms with Crippen LogP contribution in [0.3, 0.4) is 0 Å². The molecule has 0 radical (unpaired) electrons. The molecule has 0 aromatic heterocycles. The predicted molar refractivity (Wildman–Crippen MR) is 101 cm³/mol. The van der Waals surface area contributed by atoms with E-state index in [1.54, 1.807) is 0 Å². The standard InChI is InChI=1S/C22H34O/c1-6-8-14-21(4,17-18-23)15-16-22(5,13-7-2)20-11-9-19(3)10-12-20/h9-12,15-16,18H,6-8,13-14,17H2,1-5H3/b16-15+/t21-,22-/m0/s1. The summed E-state index contributed by atoms with van der Waals surface area (Å²) in [6, 6.07) is 8.88. The first-order chi connectivity index (χ1) is 10.9. The number of carbonyl (C=O) groups excluding carboxylic acids is 1. The number of aryl methyl sites for hydroxylation is 1. The molecule has 0 bridgehead atoms. The lowest BCUT2D eigenvalue weighted by Gasteiger charge is -2.30. The summed E-state index contributed by atoms with van der Waals surface area (Å²) in [4.78, 5) is 11.1. The van der Waals surface area contributed by atoms with Gasteiger partial charge in [0, 0.05) is 11.8 Å². The van der Waals surface area contributed by atoms with Crippen molar-refractivity contribution >= 4 is 6.29 Å². The van der Waals surface area contributed by atoms with Crippen molar-refractivity contribution in [3.8, 4) is 0 Å². The molecule has 0 aliphatic carbocycles. The normalized spacial score (nSPS) is 16.9. The summed E-state index contributed by atoms with van der Waals surface area (Å²) in [6.45, 7) is 11.1. The summed E-state index contributed by atoms with van der Waals surface area (Å²) in [5.74, 6) is 0. The van der Waals surface area contributed by atoms with Crippen LogP contribution in [0.4, 0.5) is 0 Å². The highest BCUT2D eigenvalue weighted by Crippen LogP contribution is 2.35. The number of allylic oxidation sites excluding steroid dienone is 2. The van der Waals surface area contributed by atoms with Gasteiger partial charge in [0.1, 0.15) is 6.29 Å². The van der Waals surface area contributed by atoms with Gasteiger partial charge in [-0.1, -0.05) is 88.9 Å². The highest BCUT2D eigenvalue weighted by Gasteiger charge is 2.26. The van der Waals surface area contributed by atoms with Gasteiger partial charge in [-0.2, -0.15) is 0 Å². The van der Waals surface area contributed by atoms with Crippen LogP contribution in [-0.4, -0.2) is 6.29 Å². The molecule has 1 rings (SSSR count). The van der Waals surface area contributed by atoms with Gasteiger partial charge < -0.3 is 4.79 Å². The Balaban J connectivity index is 3.07. The maximum atomic E-state index is 11.1. The molecule has 0 aliphatic rings. The number of hydrogen-bond acceptors (Lipinski definition) is 1. The molecule has 0 saturated carbocycles. The summed E-state index contributed by atoms with van der Waals surface area (Å²) in [5.41, 5.74) is 2.69. The average Bonchev–Trinajstić information content (AvgIpc) is 2.52. The Labute approximate surface area is 143 Å². The predicted octanol–water partition coefficient (Wildman–Crippen LogP) is 6.39. The quantitative estimate of drug-likeness (QED) is 0.361. The molecule has 0 aliphatic heterocycles. The molecule has 23 heavy (non-hydrogen) atoms. The fourth-order valence-electron chi connectivity index (χ4n) is 3.19. The number of hydrogen-bond donors (Lipinski definition) is 0. The summed E-state index contributed by atoms with van der Waals surface area (Å²) < 4.78 is 0. The second kappa shape index (κ2) is 9.05. The largest absolute Gasteiger partial charge is 0.303 e. The molecular weight excluding hydrogens is 280 g/mol. The molecule has 1 nitrogen and oxygen atoms in total. The van der Waals surface area contributed by atoms with Crippen molar-refractivity contribution in [2.24, 2.45) is 5.41 Å². The number of carbonyl (C=O) groups is 1. The van der Waals surface area contributed by atoms with Gasteiger partial charge in [-0.05, 0) is 30.7 Å². The van der Waals surface area contributed by atoms with E-state index in [1.165, 1.54) is 24.0 Å². The van der Waals surface area contributed by atoms with E-state index >= 15 is 0 Å². The third-order valence-corrected chi connectivity index (χ3v) is 4.99. The fraction of sp³-hybridized carbons (Fsp3) is 0.591. The zero-order chi connectivity index (χ0) is 17.3. The minimum atomic E-state index is -0.0164. The topological polar surface area (TPSA) is 17.1 Å². The zero-order valence-electron chi connectivity index (χ0n) is 15.7. The average molecular weight is 315 g/mol. The monoisotopic (exact) mass is 314 g/mol. The summed E-state index contributed by atoms with van der Waals surface area (Å²) in [6.07, 6.45) is 12.0. The van der Waals surface area contributed by atoms with Gasteiger partial charge in [0.15, 0.2) is 0 Å². The van der Waals surface area contributed by atoms with Crippen LogP contribution < -0.4 is 0 Å². The molecule has 0 fully saturated rings. The third kappa shape index (κ3) is 5.97. The Bertz CT molecular complexity index is 499. The van der Waals surface area contributed by atoms with E-state index in [2.05, 4.69) is 71.0 Å². The van der Waals surface area contributed by atoms with Gasteiger partial charge in [0.25, 0.3) is 0 Å². The minimum Gasteiger partial charge on any atom is -0.303 e. The smallest absolute Gasteiger partial charge is 0.120 e. The van der Waals surface area contributed by atoms with Crippen LogP contribution in [0, 0.1) is 12.3 Å². The third-order valence-electron chi connectivity index (χ3n) is 4.99. The van der Waals surface area contributed by atoms with Crippen molar-refractivity contribution in [3.05, 3.63) is 47.5 Å². The fourth-order valence-corrected chi connectivity index (χ4v) is 3.19. The van der Waals surface area contributed by atoms with Gasteiger partial charge in [-0.3, -0.25) is 0 Å². The molecule has 1 aromatic carbocycles. The maximum absolute atomic E-state index is 11.1. The molecule has 2 atom stereocenters. The molecular formula is C22H34O. The SMILES string of the molecule is CCCC[C@@](C)(/C=C/[C@](C)(CCC)c1ccc(C)cc1)CC=O. The molecule has 0 heterocycles. The Kier molecular flexibility index (Phi) is 7.75. The Morgan fingerprint density at radius 1 is 0.957 bits per heavy atom. The Hall–Kier alpha value is -1.37. The second-order valence-corrected chi connectivity index (χ2v) is 7.50. The number of benzene rings is 1. The lowest BCUT2D eigenvalue weighted by atomic mass is 9.74. The molecule has 0 unspecified atom stereocenters. The van der Waals surface area contributed by atoms with Gasteiger partial charge in [0.2, 0.25) is 0 Å². The van der Waals surface area contributed by atoms with Crippen molar-refractivity contribution in [3.63, 3.8) is 0 Å². The summed E-state index contributed by atoms with van der Waals surface area (Å²) in [5, 5.41) is 0. The van der Waals surface area contributed by atoms with E-state index in [4.69, 9.17) is 0 Å². The maximum Gasteiger partial charge on any atom is 0.120 e. The van der Waals surface area contributed by atoms with E-state index in [9.17, 15) is 4.79 Å². The lowest BCUT2D eigenvalue weighted by molar-refractivity contribution is -0.109. The van der Waals surface area contributed by atoms with Crippen molar-refractivity contribution in [2.75, 3.05) is 0 Å². The first-order valence-electron chi connectivity index (χ1n) is 9.10. The molecule has 128 valence electrons. The minimum absolute atomic E-state index is 0.0164. The molecule has 1 heteroatoms. The molecule has 0 saturated heterocycles. The molecule has 0 amide bonds. The van der Waals surface area contributed by atoms with Crippen LogP contribution >= 0.6 is 0 Å².